The van der Waals surface area contributed by atoms with Gasteiger partial charge in [0.2, 0.25) is 10.0 Å². The lowest BCUT2D eigenvalue weighted by Crippen LogP contribution is -2.44. The third-order valence-corrected chi connectivity index (χ3v) is 4.12. The van der Waals surface area contributed by atoms with Crippen molar-refractivity contribution in [3.8, 4) is 0 Å². The fourth-order valence-corrected chi connectivity index (χ4v) is 3.35. The van der Waals surface area contributed by atoms with E-state index in [1.807, 2.05) is 32.0 Å². The maximum atomic E-state index is 12.0. The number of sulfonamides is 1. The number of ether oxygens (including phenoxy) is 1. The second kappa shape index (κ2) is 5.61. The number of esters is 1. The van der Waals surface area contributed by atoms with Gasteiger partial charge in [0.05, 0.1) is 19.1 Å². The molecule has 0 aliphatic heterocycles. The molecule has 1 rings (SSSR count). The molecule has 106 valence electrons. The van der Waals surface area contributed by atoms with E-state index >= 15 is 0 Å². The van der Waals surface area contributed by atoms with E-state index in [9.17, 15) is 13.2 Å². The van der Waals surface area contributed by atoms with Crippen LogP contribution >= 0.6 is 0 Å². The normalized spacial score (nSPS) is 12.9. The number of benzene rings is 1. The number of carbonyl (C=O) groups is 1. The zero-order valence-corrected chi connectivity index (χ0v) is 12.6. The first-order valence-corrected chi connectivity index (χ1v) is 7.68. The van der Waals surface area contributed by atoms with Crippen molar-refractivity contribution in [3.63, 3.8) is 0 Å². The molecule has 19 heavy (non-hydrogen) atoms. The van der Waals surface area contributed by atoms with Crippen LogP contribution in [0.25, 0.3) is 0 Å². The largest absolute Gasteiger partial charge is 0.467 e. The van der Waals surface area contributed by atoms with Crippen LogP contribution in [0, 0.1) is 13.8 Å². The predicted molar refractivity (Wildman–Crippen MR) is 74.7 cm³/mol. The molecule has 0 saturated carbocycles. The maximum absolute atomic E-state index is 12.0. The molecule has 0 aromatic heterocycles. The molecule has 0 aliphatic carbocycles. The fraction of sp³-hybridized carbons (Fsp3) is 0.462. The van der Waals surface area contributed by atoms with E-state index < -0.39 is 22.0 Å². The van der Waals surface area contributed by atoms with Crippen molar-refractivity contribution in [3.05, 3.63) is 29.3 Å². The van der Waals surface area contributed by atoms with Gasteiger partial charge in [0, 0.05) is 0 Å². The van der Waals surface area contributed by atoms with E-state index in [4.69, 9.17) is 0 Å². The average molecular weight is 285 g/mol. The van der Waals surface area contributed by atoms with E-state index in [0.717, 1.165) is 21.7 Å². The minimum Gasteiger partial charge on any atom is -0.467 e. The molecule has 0 fully saturated rings. The molecule has 1 aromatic carbocycles. The van der Waals surface area contributed by atoms with Crippen LogP contribution in [-0.4, -0.2) is 33.8 Å². The van der Waals surface area contributed by atoms with Gasteiger partial charge < -0.3 is 4.74 Å². The Kier molecular flexibility index (Phi) is 4.57. The van der Waals surface area contributed by atoms with E-state index in [0.29, 0.717) is 5.69 Å². The summed E-state index contributed by atoms with van der Waals surface area (Å²) in [7, 11) is -2.34. The van der Waals surface area contributed by atoms with Gasteiger partial charge >= 0.3 is 5.97 Å². The summed E-state index contributed by atoms with van der Waals surface area (Å²) in [5.41, 5.74) is 2.12. The van der Waals surface area contributed by atoms with Crippen LogP contribution in [-0.2, 0) is 19.6 Å². The van der Waals surface area contributed by atoms with Gasteiger partial charge in [-0.05, 0) is 31.9 Å². The monoisotopic (exact) mass is 285 g/mol. The van der Waals surface area contributed by atoms with Crippen LogP contribution < -0.4 is 4.31 Å². The minimum absolute atomic E-state index is 0.530. The second-order valence-electron chi connectivity index (χ2n) is 4.50. The summed E-state index contributed by atoms with van der Waals surface area (Å²) >= 11 is 0. The summed E-state index contributed by atoms with van der Waals surface area (Å²) < 4.78 is 29.8. The van der Waals surface area contributed by atoms with Crippen molar-refractivity contribution >= 4 is 21.7 Å². The molecular weight excluding hydrogens is 266 g/mol. The zero-order valence-electron chi connectivity index (χ0n) is 11.8. The standard InChI is InChI=1S/C13H19NO4S/c1-9-7-6-8-10(2)12(9)14(19(5,16)17)11(3)13(15)18-4/h6-8,11H,1-5H3. The van der Waals surface area contributed by atoms with E-state index in [2.05, 4.69) is 4.74 Å². The maximum Gasteiger partial charge on any atom is 0.329 e. The lowest BCUT2D eigenvalue weighted by Gasteiger charge is -2.29. The van der Waals surface area contributed by atoms with Crippen LogP contribution in [0.4, 0.5) is 5.69 Å². The highest BCUT2D eigenvalue weighted by molar-refractivity contribution is 7.92. The topological polar surface area (TPSA) is 63.7 Å². The number of aryl methyl sites for hydroxylation is 2. The van der Waals surface area contributed by atoms with Gasteiger partial charge in [0.15, 0.2) is 0 Å². The van der Waals surface area contributed by atoms with Crippen LogP contribution in [0.1, 0.15) is 18.1 Å². The van der Waals surface area contributed by atoms with E-state index in [1.165, 1.54) is 14.0 Å². The Labute approximate surface area is 114 Å². The molecule has 0 heterocycles. The minimum atomic E-state index is -3.58. The Hall–Kier alpha value is -1.56. The molecule has 0 amide bonds. The van der Waals surface area contributed by atoms with Crippen molar-refractivity contribution in [1.82, 2.24) is 0 Å². The number of hydrogen-bond acceptors (Lipinski definition) is 4. The molecule has 0 radical (unpaired) electrons. The van der Waals surface area contributed by atoms with Gasteiger partial charge in [0.25, 0.3) is 0 Å². The second-order valence-corrected chi connectivity index (χ2v) is 6.36. The van der Waals surface area contributed by atoms with Gasteiger partial charge in [-0.3, -0.25) is 4.31 Å². The summed E-state index contributed by atoms with van der Waals surface area (Å²) in [5.74, 6) is -0.590. The quantitative estimate of drug-likeness (QED) is 0.789. The predicted octanol–water partition coefficient (Wildman–Crippen LogP) is 1.63. The third kappa shape index (κ3) is 3.26. The van der Waals surface area contributed by atoms with Crippen molar-refractivity contribution in [2.45, 2.75) is 26.8 Å². The molecule has 5 nitrogen and oxygen atoms in total. The van der Waals surface area contributed by atoms with Crippen molar-refractivity contribution < 1.29 is 17.9 Å². The molecule has 0 N–H and O–H groups in total. The van der Waals surface area contributed by atoms with Gasteiger partial charge in [-0.1, -0.05) is 18.2 Å². The Morgan fingerprint density at radius 1 is 1.26 bits per heavy atom. The number of para-hydroxylation sites is 1. The number of nitrogens with zero attached hydrogens (tertiary/aromatic N) is 1. The SMILES string of the molecule is COC(=O)C(C)N(c1c(C)cccc1C)S(C)(=O)=O. The fourth-order valence-electron chi connectivity index (χ4n) is 2.07. The Bertz CT molecular complexity index is 560. The van der Waals surface area contributed by atoms with Crippen molar-refractivity contribution in [2.75, 3.05) is 17.7 Å². The third-order valence-electron chi connectivity index (χ3n) is 2.91. The van der Waals surface area contributed by atoms with Crippen LogP contribution in [0.15, 0.2) is 18.2 Å². The summed E-state index contributed by atoms with van der Waals surface area (Å²) in [6, 6.07) is 4.56. The highest BCUT2D eigenvalue weighted by Gasteiger charge is 2.31. The molecule has 1 atom stereocenters. The average Bonchev–Trinajstić information content (AvgIpc) is 2.30. The highest BCUT2D eigenvalue weighted by atomic mass is 32.2. The first-order chi connectivity index (χ1) is 8.70. The molecule has 6 heteroatoms. The van der Waals surface area contributed by atoms with Crippen LogP contribution in [0.3, 0.4) is 0 Å². The molecule has 1 unspecified atom stereocenters. The molecule has 0 spiro atoms. The molecule has 0 bridgehead atoms. The molecular formula is C13H19NO4S. The van der Waals surface area contributed by atoms with Crippen LogP contribution in [0.2, 0.25) is 0 Å². The highest BCUT2D eigenvalue weighted by Crippen LogP contribution is 2.28. The van der Waals surface area contributed by atoms with Gasteiger partial charge in [-0.2, -0.15) is 0 Å². The van der Waals surface area contributed by atoms with Gasteiger partial charge in [0.1, 0.15) is 6.04 Å². The summed E-state index contributed by atoms with van der Waals surface area (Å²) in [6.45, 7) is 5.13. The summed E-state index contributed by atoms with van der Waals surface area (Å²) in [6.07, 6.45) is 1.08. The number of rotatable bonds is 4. The van der Waals surface area contributed by atoms with Crippen LogP contribution in [0.5, 0.6) is 0 Å². The molecule has 0 aliphatic rings. The number of anilines is 1. The number of hydrogen-bond donors (Lipinski definition) is 0. The molecule has 1 aromatic rings. The lowest BCUT2D eigenvalue weighted by atomic mass is 10.1. The van der Waals surface area contributed by atoms with Gasteiger partial charge in [-0.15, -0.1) is 0 Å². The molecule has 0 saturated heterocycles. The van der Waals surface area contributed by atoms with Crippen molar-refractivity contribution in [2.24, 2.45) is 0 Å². The van der Waals surface area contributed by atoms with Crippen molar-refractivity contribution in [1.29, 1.82) is 0 Å². The zero-order chi connectivity index (χ0) is 14.8. The summed E-state index contributed by atoms with van der Waals surface area (Å²) in [4.78, 5) is 11.7. The van der Waals surface area contributed by atoms with E-state index in [-0.39, 0.29) is 0 Å². The summed E-state index contributed by atoms with van der Waals surface area (Å²) in [5, 5.41) is 0. The lowest BCUT2D eigenvalue weighted by molar-refractivity contribution is -0.141. The first-order valence-electron chi connectivity index (χ1n) is 5.83. The first kappa shape index (κ1) is 15.5. The smallest absolute Gasteiger partial charge is 0.329 e. The van der Waals surface area contributed by atoms with E-state index in [1.54, 1.807) is 0 Å². The Balaban J connectivity index is 3.47. The van der Waals surface area contributed by atoms with Gasteiger partial charge in [-0.25, -0.2) is 13.2 Å². The Morgan fingerprint density at radius 2 is 1.74 bits per heavy atom. The number of methoxy groups -OCH3 is 1. The Morgan fingerprint density at radius 3 is 2.11 bits per heavy atom. The number of carbonyl (C=O) groups excluding carboxylic acids is 1.